The summed E-state index contributed by atoms with van der Waals surface area (Å²) >= 11 is 0. The van der Waals surface area contributed by atoms with Crippen molar-refractivity contribution in [1.82, 2.24) is 0 Å². The number of hydrogen-bond donors (Lipinski definition) is 0. The molecule has 0 amide bonds. The summed E-state index contributed by atoms with van der Waals surface area (Å²) in [5.74, 6) is 23.6. The summed E-state index contributed by atoms with van der Waals surface area (Å²) in [6, 6.07) is 16.0. The second kappa shape index (κ2) is 10.6. The van der Waals surface area contributed by atoms with Crippen LogP contribution in [0.4, 0.5) is 5.69 Å². The van der Waals surface area contributed by atoms with E-state index in [1.165, 1.54) is 5.56 Å². The molecule has 0 radical (unpaired) electrons. The molecule has 0 aliphatic heterocycles. The average Bonchev–Trinajstić information content (AvgIpc) is 2.70. The molecule has 1 atom stereocenters. The number of terminal acetylenes is 1. The summed E-state index contributed by atoms with van der Waals surface area (Å²) in [7, 11) is 0. The first-order valence-corrected chi connectivity index (χ1v) is 8.26. The lowest BCUT2D eigenvalue weighted by Crippen LogP contribution is -1.96. The van der Waals surface area contributed by atoms with Crippen LogP contribution in [0.15, 0.2) is 48.5 Å². The van der Waals surface area contributed by atoms with Crippen LogP contribution in [-0.4, -0.2) is 0 Å². The molecular formula is C26H15N. The number of rotatable bonds is 3. The van der Waals surface area contributed by atoms with Gasteiger partial charge in [0, 0.05) is 5.92 Å². The zero-order valence-electron chi connectivity index (χ0n) is 14.9. The molecule has 2 rings (SSSR count). The molecule has 1 nitrogen and oxygen atoms in total. The molecule has 0 heterocycles. The number of nitrogens with zero attached hydrogens (tertiary/aromatic N) is 1. The van der Waals surface area contributed by atoms with Crippen LogP contribution in [-0.2, 0) is 6.42 Å². The van der Waals surface area contributed by atoms with Gasteiger partial charge in [0.2, 0.25) is 0 Å². The summed E-state index contributed by atoms with van der Waals surface area (Å²) in [5, 5.41) is 0. The van der Waals surface area contributed by atoms with E-state index in [9.17, 15) is 0 Å². The number of hydrogen-bond acceptors (Lipinski definition) is 0. The van der Waals surface area contributed by atoms with Crippen LogP contribution in [0.25, 0.3) is 16.0 Å². The van der Waals surface area contributed by atoms with Crippen LogP contribution in [0.5, 0.6) is 0 Å². The minimum Gasteiger partial charge on any atom is -0.238 e. The largest absolute Gasteiger partial charge is 0.238 e. The Kier molecular flexibility index (Phi) is 7.46. The van der Waals surface area contributed by atoms with Crippen LogP contribution in [0.1, 0.15) is 12.5 Å². The van der Waals surface area contributed by atoms with E-state index in [1.807, 2.05) is 24.3 Å². The second-order valence-electron chi connectivity index (χ2n) is 5.62. The summed E-state index contributed by atoms with van der Waals surface area (Å²) < 4.78 is 0. The molecule has 0 aliphatic rings. The SMILES string of the molecule is [C-]#[N+]c1ccc(-c2ccc(CC(C)C#CC#CC#CC#CC#C)cc2)cc1. The lowest BCUT2D eigenvalue weighted by atomic mass is 9.98. The Morgan fingerprint density at radius 2 is 1.33 bits per heavy atom. The van der Waals surface area contributed by atoms with Crippen molar-refractivity contribution in [2.24, 2.45) is 5.92 Å². The first-order chi connectivity index (χ1) is 13.2. The Balaban J connectivity index is 1.95. The van der Waals surface area contributed by atoms with Gasteiger partial charge in [0.05, 0.1) is 6.57 Å². The second-order valence-corrected chi connectivity index (χ2v) is 5.62. The molecule has 2 aromatic rings. The van der Waals surface area contributed by atoms with Crippen molar-refractivity contribution in [3.63, 3.8) is 0 Å². The molecule has 1 heteroatoms. The van der Waals surface area contributed by atoms with Crippen molar-refractivity contribution in [2.45, 2.75) is 13.3 Å². The molecule has 0 spiro atoms. The fourth-order valence-electron chi connectivity index (χ4n) is 2.32. The highest BCUT2D eigenvalue weighted by atomic mass is 14.6. The van der Waals surface area contributed by atoms with Gasteiger partial charge in [0.15, 0.2) is 5.69 Å². The Bertz CT molecular complexity index is 1120. The Morgan fingerprint density at radius 1 is 0.815 bits per heavy atom. The Hall–Kier alpha value is -4.27. The molecule has 27 heavy (non-hydrogen) atoms. The van der Waals surface area contributed by atoms with E-state index in [1.54, 1.807) is 0 Å². The van der Waals surface area contributed by atoms with Gasteiger partial charge in [-0.05, 0) is 70.5 Å². The van der Waals surface area contributed by atoms with Crippen molar-refractivity contribution in [3.8, 4) is 70.8 Å². The predicted octanol–water partition coefficient (Wildman–Crippen LogP) is 4.73. The molecule has 124 valence electrons. The van der Waals surface area contributed by atoms with E-state index < -0.39 is 0 Å². The van der Waals surface area contributed by atoms with Crippen LogP contribution >= 0.6 is 0 Å². The standard InChI is InChI=1S/C26H15N/c1-4-5-6-7-8-9-10-11-12-22(2)21-23-13-15-24(16-14-23)25-17-19-26(27-3)20-18-25/h1,13-20,22H,21H2,2H3. The highest BCUT2D eigenvalue weighted by Gasteiger charge is 2.02. The quantitative estimate of drug-likeness (QED) is 0.561. The molecule has 0 fully saturated rings. The van der Waals surface area contributed by atoms with Gasteiger partial charge >= 0.3 is 0 Å². The van der Waals surface area contributed by atoms with Crippen molar-refractivity contribution < 1.29 is 0 Å². The molecule has 0 N–H and O–H groups in total. The van der Waals surface area contributed by atoms with Crippen LogP contribution in [0.3, 0.4) is 0 Å². The average molecular weight is 341 g/mol. The predicted molar refractivity (Wildman–Crippen MR) is 111 cm³/mol. The van der Waals surface area contributed by atoms with E-state index >= 15 is 0 Å². The van der Waals surface area contributed by atoms with Crippen molar-refractivity contribution in [2.75, 3.05) is 0 Å². The monoisotopic (exact) mass is 341 g/mol. The van der Waals surface area contributed by atoms with E-state index in [-0.39, 0.29) is 5.92 Å². The third-order valence-electron chi connectivity index (χ3n) is 3.59. The van der Waals surface area contributed by atoms with E-state index in [2.05, 4.69) is 89.3 Å². The van der Waals surface area contributed by atoms with Gasteiger partial charge in [-0.2, -0.15) is 0 Å². The van der Waals surface area contributed by atoms with E-state index in [4.69, 9.17) is 13.0 Å². The maximum Gasteiger partial charge on any atom is 0.187 e. The molecule has 1 unspecified atom stereocenters. The third kappa shape index (κ3) is 6.63. The lowest BCUT2D eigenvalue weighted by Gasteiger charge is -2.06. The van der Waals surface area contributed by atoms with Gasteiger partial charge < -0.3 is 0 Å². The minimum absolute atomic E-state index is 0.192. The van der Waals surface area contributed by atoms with Gasteiger partial charge in [-0.25, -0.2) is 4.85 Å². The summed E-state index contributed by atoms with van der Waals surface area (Å²) in [6.45, 7) is 9.07. The van der Waals surface area contributed by atoms with Gasteiger partial charge in [-0.15, -0.1) is 6.42 Å². The highest BCUT2D eigenvalue weighted by Crippen LogP contribution is 2.23. The zero-order chi connectivity index (χ0) is 19.3. The van der Waals surface area contributed by atoms with Crippen molar-refractivity contribution >= 4 is 5.69 Å². The topological polar surface area (TPSA) is 4.36 Å². The first-order valence-electron chi connectivity index (χ1n) is 8.26. The number of benzene rings is 2. The molecule has 0 saturated heterocycles. The van der Waals surface area contributed by atoms with E-state index in [0.29, 0.717) is 5.69 Å². The summed E-state index contributed by atoms with van der Waals surface area (Å²) in [4.78, 5) is 3.41. The molecule has 0 aromatic heterocycles. The van der Waals surface area contributed by atoms with Gasteiger partial charge in [0.25, 0.3) is 0 Å². The molecule has 0 saturated carbocycles. The van der Waals surface area contributed by atoms with E-state index in [0.717, 1.165) is 17.5 Å². The third-order valence-corrected chi connectivity index (χ3v) is 3.59. The van der Waals surface area contributed by atoms with Gasteiger partial charge in [-0.3, -0.25) is 0 Å². The van der Waals surface area contributed by atoms with Crippen molar-refractivity contribution in [1.29, 1.82) is 0 Å². The first kappa shape index (κ1) is 19.1. The Labute approximate surface area is 161 Å². The molecule has 2 aromatic carbocycles. The summed E-state index contributed by atoms with van der Waals surface area (Å²) in [5.41, 5.74) is 4.10. The van der Waals surface area contributed by atoms with Gasteiger partial charge in [-0.1, -0.05) is 61.4 Å². The van der Waals surface area contributed by atoms with Crippen LogP contribution in [0, 0.1) is 72.2 Å². The lowest BCUT2D eigenvalue weighted by molar-refractivity contribution is 0.751. The minimum atomic E-state index is 0.192. The van der Waals surface area contributed by atoms with Crippen LogP contribution in [0.2, 0.25) is 0 Å². The maximum absolute atomic E-state index is 7.00. The molecule has 0 bridgehead atoms. The Morgan fingerprint density at radius 3 is 1.89 bits per heavy atom. The fraction of sp³-hybridized carbons (Fsp3) is 0.115. The maximum atomic E-state index is 7.00. The molecular weight excluding hydrogens is 326 g/mol. The van der Waals surface area contributed by atoms with Crippen molar-refractivity contribution in [3.05, 3.63) is 65.5 Å². The summed E-state index contributed by atoms with van der Waals surface area (Å²) in [6.07, 6.45) is 5.83. The zero-order valence-corrected chi connectivity index (χ0v) is 14.9. The molecule has 0 aliphatic carbocycles. The highest BCUT2D eigenvalue weighted by molar-refractivity contribution is 5.66. The fourth-order valence-corrected chi connectivity index (χ4v) is 2.32. The van der Waals surface area contributed by atoms with Gasteiger partial charge in [0.1, 0.15) is 0 Å². The smallest absolute Gasteiger partial charge is 0.187 e. The van der Waals surface area contributed by atoms with Crippen LogP contribution < -0.4 is 0 Å². The normalized spacial score (nSPS) is 9.15.